The van der Waals surface area contributed by atoms with E-state index >= 15 is 0 Å². The van der Waals surface area contributed by atoms with Gasteiger partial charge in [-0.2, -0.15) is 0 Å². The summed E-state index contributed by atoms with van der Waals surface area (Å²) in [5.74, 6) is 1.31. The van der Waals surface area contributed by atoms with Crippen LogP contribution in [0.15, 0.2) is 24.3 Å². The standard InChI is InChI=1S/C12H19NO3/c1-9(13)16-11-6-4-5-10(7-11)15-8-12(2,3)14/h4-7,9,14H,8,13H2,1-3H3/t9-/m1/s1. The Morgan fingerprint density at radius 3 is 2.56 bits per heavy atom. The summed E-state index contributed by atoms with van der Waals surface area (Å²) < 4.78 is 10.7. The SMILES string of the molecule is C[C@H](N)Oc1cccc(OCC(C)(C)O)c1. The summed E-state index contributed by atoms with van der Waals surface area (Å²) in [5, 5.41) is 9.52. The Bertz CT molecular complexity index is 331. The third-order valence-electron chi connectivity index (χ3n) is 1.72. The second kappa shape index (κ2) is 5.18. The molecule has 4 nitrogen and oxygen atoms in total. The van der Waals surface area contributed by atoms with E-state index in [0.29, 0.717) is 11.5 Å². The van der Waals surface area contributed by atoms with E-state index in [1.54, 1.807) is 39.0 Å². The maximum Gasteiger partial charge on any atom is 0.144 e. The van der Waals surface area contributed by atoms with Crippen molar-refractivity contribution in [3.05, 3.63) is 24.3 Å². The van der Waals surface area contributed by atoms with Gasteiger partial charge in [0, 0.05) is 6.07 Å². The minimum atomic E-state index is -0.849. The highest BCUT2D eigenvalue weighted by molar-refractivity contribution is 5.33. The summed E-state index contributed by atoms with van der Waals surface area (Å²) in [6.45, 7) is 5.36. The van der Waals surface area contributed by atoms with Gasteiger partial charge in [-0.3, -0.25) is 5.73 Å². The molecule has 0 aromatic heterocycles. The summed E-state index contributed by atoms with van der Waals surface area (Å²) in [6, 6.07) is 7.17. The Morgan fingerprint density at radius 1 is 1.38 bits per heavy atom. The lowest BCUT2D eigenvalue weighted by molar-refractivity contribution is 0.0283. The van der Waals surface area contributed by atoms with Gasteiger partial charge in [0.2, 0.25) is 0 Å². The summed E-state index contributed by atoms with van der Waals surface area (Å²) in [5.41, 5.74) is 4.67. The molecule has 90 valence electrons. The van der Waals surface area contributed by atoms with Gasteiger partial charge in [0.05, 0.1) is 5.60 Å². The topological polar surface area (TPSA) is 64.7 Å². The molecule has 3 N–H and O–H groups in total. The largest absolute Gasteiger partial charge is 0.490 e. The average Bonchev–Trinajstić information content (AvgIpc) is 2.13. The summed E-state index contributed by atoms with van der Waals surface area (Å²) in [7, 11) is 0. The van der Waals surface area contributed by atoms with Crippen molar-refractivity contribution in [2.45, 2.75) is 32.6 Å². The van der Waals surface area contributed by atoms with Crippen molar-refractivity contribution in [1.29, 1.82) is 0 Å². The third-order valence-corrected chi connectivity index (χ3v) is 1.72. The Balaban J connectivity index is 2.60. The molecule has 16 heavy (non-hydrogen) atoms. The Hall–Kier alpha value is -1.26. The van der Waals surface area contributed by atoms with E-state index < -0.39 is 5.60 Å². The van der Waals surface area contributed by atoms with E-state index in [1.165, 1.54) is 0 Å². The molecule has 0 bridgehead atoms. The number of hydrogen-bond acceptors (Lipinski definition) is 4. The first kappa shape index (κ1) is 12.8. The fourth-order valence-electron chi connectivity index (χ4n) is 1.11. The minimum absolute atomic E-state index is 0.231. The third kappa shape index (κ3) is 5.00. The molecule has 0 fully saturated rings. The first-order valence-corrected chi connectivity index (χ1v) is 5.24. The number of benzene rings is 1. The molecule has 0 unspecified atom stereocenters. The Kier molecular flexibility index (Phi) is 4.15. The number of ether oxygens (including phenoxy) is 2. The fraction of sp³-hybridized carbons (Fsp3) is 0.500. The molecule has 0 aliphatic carbocycles. The van der Waals surface area contributed by atoms with Crippen LogP contribution < -0.4 is 15.2 Å². The van der Waals surface area contributed by atoms with Gasteiger partial charge in [-0.05, 0) is 32.9 Å². The highest BCUT2D eigenvalue weighted by Gasteiger charge is 2.13. The molecule has 0 spiro atoms. The minimum Gasteiger partial charge on any atom is -0.490 e. The molecule has 0 aliphatic rings. The molecular formula is C12H19NO3. The second-order valence-electron chi connectivity index (χ2n) is 4.40. The molecule has 1 aromatic rings. The van der Waals surface area contributed by atoms with Gasteiger partial charge in [0.25, 0.3) is 0 Å². The number of nitrogens with two attached hydrogens (primary N) is 1. The first-order chi connectivity index (χ1) is 7.37. The van der Waals surface area contributed by atoms with Crippen molar-refractivity contribution < 1.29 is 14.6 Å². The molecule has 1 aromatic carbocycles. The molecule has 0 radical (unpaired) electrons. The van der Waals surface area contributed by atoms with Crippen LogP contribution in [0.3, 0.4) is 0 Å². The Labute approximate surface area is 96.0 Å². The maximum absolute atomic E-state index is 9.52. The summed E-state index contributed by atoms with van der Waals surface area (Å²) in [6.07, 6.45) is -0.357. The molecule has 1 atom stereocenters. The van der Waals surface area contributed by atoms with E-state index in [4.69, 9.17) is 15.2 Å². The van der Waals surface area contributed by atoms with E-state index in [1.807, 2.05) is 6.07 Å². The lowest BCUT2D eigenvalue weighted by Gasteiger charge is -2.18. The smallest absolute Gasteiger partial charge is 0.144 e. The van der Waals surface area contributed by atoms with Crippen molar-refractivity contribution in [3.63, 3.8) is 0 Å². The van der Waals surface area contributed by atoms with Gasteiger partial charge in [-0.1, -0.05) is 6.07 Å². The highest BCUT2D eigenvalue weighted by Crippen LogP contribution is 2.20. The van der Waals surface area contributed by atoms with Crippen LogP contribution in [0.25, 0.3) is 0 Å². The molecule has 0 aliphatic heterocycles. The number of hydrogen-bond donors (Lipinski definition) is 2. The first-order valence-electron chi connectivity index (χ1n) is 5.24. The van der Waals surface area contributed by atoms with Crippen LogP contribution >= 0.6 is 0 Å². The molecular weight excluding hydrogens is 206 g/mol. The molecule has 0 heterocycles. The predicted molar refractivity (Wildman–Crippen MR) is 62.5 cm³/mol. The Morgan fingerprint density at radius 2 is 2.00 bits per heavy atom. The van der Waals surface area contributed by atoms with Crippen LogP contribution in [-0.2, 0) is 0 Å². The van der Waals surface area contributed by atoms with Gasteiger partial charge in [-0.15, -0.1) is 0 Å². The average molecular weight is 225 g/mol. The zero-order valence-electron chi connectivity index (χ0n) is 9.93. The zero-order chi connectivity index (χ0) is 12.2. The fourth-order valence-corrected chi connectivity index (χ4v) is 1.11. The highest BCUT2D eigenvalue weighted by atomic mass is 16.5. The summed E-state index contributed by atoms with van der Waals surface area (Å²) in [4.78, 5) is 0. The van der Waals surface area contributed by atoms with Crippen molar-refractivity contribution in [2.75, 3.05) is 6.61 Å². The predicted octanol–water partition coefficient (Wildman–Crippen LogP) is 1.52. The van der Waals surface area contributed by atoms with E-state index in [-0.39, 0.29) is 12.8 Å². The van der Waals surface area contributed by atoms with E-state index in [0.717, 1.165) is 0 Å². The maximum atomic E-state index is 9.52. The van der Waals surface area contributed by atoms with Crippen LogP contribution in [0.4, 0.5) is 0 Å². The number of aliphatic hydroxyl groups is 1. The monoisotopic (exact) mass is 225 g/mol. The second-order valence-corrected chi connectivity index (χ2v) is 4.40. The lowest BCUT2D eigenvalue weighted by atomic mass is 10.2. The molecule has 1 rings (SSSR count). The molecule has 0 saturated heterocycles. The van der Waals surface area contributed by atoms with Gasteiger partial charge in [0.1, 0.15) is 24.3 Å². The van der Waals surface area contributed by atoms with E-state index in [9.17, 15) is 5.11 Å². The van der Waals surface area contributed by atoms with Gasteiger partial charge in [-0.25, -0.2) is 0 Å². The lowest BCUT2D eigenvalue weighted by Crippen LogP contribution is -2.27. The van der Waals surface area contributed by atoms with Crippen molar-refractivity contribution in [2.24, 2.45) is 5.73 Å². The van der Waals surface area contributed by atoms with Crippen LogP contribution in [0.2, 0.25) is 0 Å². The molecule has 4 heteroatoms. The van der Waals surface area contributed by atoms with Crippen molar-refractivity contribution in [3.8, 4) is 11.5 Å². The van der Waals surface area contributed by atoms with Crippen molar-refractivity contribution >= 4 is 0 Å². The van der Waals surface area contributed by atoms with Crippen molar-refractivity contribution in [1.82, 2.24) is 0 Å². The zero-order valence-corrected chi connectivity index (χ0v) is 9.93. The van der Waals surface area contributed by atoms with Crippen LogP contribution in [0.5, 0.6) is 11.5 Å². The van der Waals surface area contributed by atoms with Gasteiger partial charge >= 0.3 is 0 Å². The molecule has 0 saturated carbocycles. The number of rotatable bonds is 5. The van der Waals surface area contributed by atoms with E-state index in [2.05, 4.69) is 0 Å². The van der Waals surface area contributed by atoms with Crippen LogP contribution in [-0.4, -0.2) is 23.5 Å². The van der Waals surface area contributed by atoms with Crippen LogP contribution in [0, 0.1) is 0 Å². The normalized spacial score (nSPS) is 13.3. The quantitative estimate of drug-likeness (QED) is 0.746. The summed E-state index contributed by atoms with van der Waals surface area (Å²) >= 11 is 0. The molecule has 0 amide bonds. The van der Waals surface area contributed by atoms with Crippen LogP contribution in [0.1, 0.15) is 20.8 Å². The van der Waals surface area contributed by atoms with Gasteiger partial charge in [0.15, 0.2) is 0 Å². The van der Waals surface area contributed by atoms with Gasteiger partial charge < -0.3 is 14.6 Å².